The maximum atomic E-state index is 13.7. The first-order valence-electron chi connectivity index (χ1n) is 7.29. The van der Waals surface area contributed by atoms with Crippen LogP contribution in [0, 0.1) is 0 Å². The molecule has 1 unspecified atom stereocenters. The van der Waals surface area contributed by atoms with Gasteiger partial charge in [-0.3, -0.25) is 9.97 Å². The van der Waals surface area contributed by atoms with Crippen molar-refractivity contribution in [2.24, 2.45) is 0 Å². The second kappa shape index (κ2) is 6.32. The molecule has 0 aromatic carbocycles. The third kappa shape index (κ3) is 3.17. The largest absolute Gasteiger partial charge is 0.350 e. The molecule has 0 bridgehead atoms. The van der Waals surface area contributed by atoms with E-state index >= 15 is 0 Å². The van der Waals surface area contributed by atoms with Crippen LogP contribution in [0.5, 0.6) is 0 Å². The molecular formula is C16H16F2N5P. The quantitative estimate of drug-likeness (QED) is 0.677. The van der Waals surface area contributed by atoms with Crippen molar-refractivity contribution in [3.8, 4) is 11.4 Å². The van der Waals surface area contributed by atoms with Gasteiger partial charge in [0.05, 0.1) is 17.8 Å². The molecule has 0 spiro atoms. The molecule has 0 amide bonds. The Kier molecular flexibility index (Phi) is 4.37. The van der Waals surface area contributed by atoms with Crippen LogP contribution in [0.3, 0.4) is 0 Å². The fraction of sp³-hybridized carbons (Fsp3) is 0.250. The van der Waals surface area contributed by atoms with Gasteiger partial charge in [-0.2, -0.15) is 0 Å². The van der Waals surface area contributed by atoms with Gasteiger partial charge in [0, 0.05) is 36.6 Å². The van der Waals surface area contributed by atoms with E-state index in [2.05, 4.69) is 19.9 Å². The van der Waals surface area contributed by atoms with Crippen molar-refractivity contribution < 1.29 is 8.78 Å². The summed E-state index contributed by atoms with van der Waals surface area (Å²) in [5.74, 6) is 0.878. The summed E-state index contributed by atoms with van der Waals surface area (Å²) in [5, 5.41) is 0.673. The molecule has 0 radical (unpaired) electrons. The van der Waals surface area contributed by atoms with Gasteiger partial charge in [-0.15, -0.1) is 0 Å². The van der Waals surface area contributed by atoms with Crippen molar-refractivity contribution in [3.05, 3.63) is 43.0 Å². The topological polar surface area (TPSA) is 54.8 Å². The Morgan fingerprint density at radius 1 is 1.08 bits per heavy atom. The van der Waals surface area contributed by atoms with Crippen molar-refractivity contribution in [1.29, 1.82) is 0 Å². The van der Waals surface area contributed by atoms with Gasteiger partial charge in [0.1, 0.15) is 5.82 Å². The normalized spacial score (nSPS) is 13.0. The molecule has 0 aliphatic heterocycles. The molecule has 3 aromatic heterocycles. The van der Waals surface area contributed by atoms with E-state index in [9.17, 15) is 8.78 Å². The molecule has 8 heteroatoms. The number of hydrogen-bond acceptors (Lipinski definition) is 5. The molecule has 124 valence electrons. The van der Waals surface area contributed by atoms with E-state index in [-0.39, 0.29) is 0 Å². The summed E-state index contributed by atoms with van der Waals surface area (Å²) in [6.45, 7) is 1.45. The van der Waals surface area contributed by atoms with Crippen molar-refractivity contribution in [2.75, 3.05) is 11.9 Å². The maximum absolute atomic E-state index is 13.7. The molecule has 0 N–H and O–H groups in total. The van der Waals surface area contributed by atoms with Crippen LogP contribution in [-0.4, -0.2) is 38.7 Å². The Hall–Kier alpha value is -2.27. The van der Waals surface area contributed by atoms with Gasteiger partial charge in [0.25, 0.3) is 5.66 Å². The molecule has 0 aliphatic rings. The predicted octanol–water partition coefficient (Wildman–Crippen LogP) is 3.38. The van der Waals surface area contributed by atoms with E-state index in [0.717, 1.165) is 5.56 Å². The van der Waals surface area contributed by atoms with E-state index in [1.165, 1.54) is 11.8 Å². The molecule has 3 aromatic rings. The SMILES string of the molecule is C[C@@H](N(C)c1nc(-c2ccncc2)nc2cnccc12)C(F)(F)P. The van der Waals surface area contributed by atoms with E-state index in [1.807, 2.05) is 0 Å². The fourth-order valence-electron chi connectivity index (χ4n) is 2.30. The minimum Gasteiger partial charge on any atom is -0.350 e. The van der Waals surface area contributed by atoms with E-state index < -0.39 is 11.7 Å². The number of rotatable bonds is 4. The van der Waals surface area contributed by atoms with Gasteiger partial charge in [-0.25, -0.2) is 18.7 Å². The summed E-state index contributed by atoms with van der Waals surface area (Å²) in [4.78, 5) is 18.5. The Bertz CT molecular complexity index is 854. The summed E-state index contributed by atoms with van der Waals surface area (Å²) >= 11 is 0. The highest BCUT2D eigenvalue weighted by atomic mass is 31.0. The lowest BCUT2D eigenvalue weighted by Gasteiger charge is -2.31. The van der Waals surface area contributed by atoms with Crippen LogP contribution < -0.4 is 4.90 Å². The third-order valence-corrected chi connectivity index (χ3v) is 4.37. The molecule has 3 heterocycles. The number of halogens is 2. The second-order valence-electron chi connectivity index (χ2n) is 5.46. The zero-order valence-electron chi connectivity index (χ0n) is 13.2. The molecule has 3 rings (SSSR count). The van der Waals surface area contributed by atoms with Gasteiger partial charge < -0.3 is 4.90 Å². The van der Waals surface area contributed by atoms with Crippen molar-refractivity contribution in [3.63, 3.8) is 0 Å². The van der Waals surface area contributed by atoms with Crippen molar-refractivity contribution in [2.45, 2.75) is 18.6 Å². The lowest BCUT2D eigenvalue weighted by atomic mass is 10.2. The third-order valence-electron chi connectivity index (χ3n) is 3.89. The highest BCUT2D eigenvalue weighted by Crippen LogP contribution is 2.34. The fourth-order valence-corrected chi connectivity index (χ4v) is 2.53. The average Bonchev–Trinajstić information content (AvgIpc) is 2.59. The summed E-state index contributed by atoms with van der Waals surface area (Å²) in [6, 6.07) is 4.22. The standard InChI is InChI=1S/C16H16F2N5P/c1-10(16(17,18)24)23(2)15-12-5-8-20-9-13(12)21-14(22-15)11-3-6-19-7-4-11/h3-10H,24H2,1-2H3/t10-/m1/s1. The van der Waals surface area contributed by atoms with E-state index in [0.29, 0.717) is 22.5 Å². The molecule has 24 heavy (non-hydrogen) atoms. The number of aromatic nitrogens is 4. The second-order valence-corrected chi connectivity index (χ2v) is 6.23. The first kappa shape index (κ1) is 16.6. The number of anilines is 1. The van der Waals surface area contributed by atoms with Crippen LogP contribution in [-0.2, 0) is 0 Å². The van der Waals surface area contributed by atoms with Crippen molar-refractivity contribution in [1.82, 2.24) is 19.9 Å². The van der Waals surface area contributed by atoms with Gasteiger partial charge in [0.2, 0.25) is 0 Å². The van der Waals surface area contributed by atoms with Crippen molar-refractivity contribution >= 4 is 26.0 Å². The number of hydrogen-bond donors (Lipinski definition) is 0. The molecule has 2 atom stereocenters. The van der Waals surface area contributed by atoms with Gasteiger partial charge >= 0.3 is 0 Å². The minimum absolute atomic E-state index is 0.434. The number of fused-ring (bicyclic) bond motifs is 1. The lowest BCUT2D eigenvalue weighted by Crippen LogP contribution is -2.40. The van der Waals surface area contributed by atoms with Crippen LogP contribution in [0.1, 0.15) is 6.92 Å². The van der Waals surface area contributed by atoms with Gasteiger partial charge in [0.15, 0.2) is 5.82 Å². The van der Waals surface area contributed by atoms with Crippen LogP contribution in [0.4, 0.5) is 14.6 Å². The summed E-state index contributed by atoms with van der Waals surface area (Å²) in [5.41, 5.74) is -1.59. The Morgan fingerprint density at radius 2 is 1.75 bits per heavy atom. The lowest BCUT2D eigenvalue weighted by molar-refractivity contribution is 0.0783. The Labute approximate surface area is 140 Å². The highest BCUT2D eigenvalue weighted by molar-refractivity contribution is 7.18. The maximum Gasteiger partial charge on any atom is 0.278 e. The molecular weight excluding hydrogens is 331 g/mol. The van der Waals surface area contributed by atoms with E-state index in [4.69, 9.17) is 0 Å². The number of alkyl halides is 2. The molecule has 0 saturated heterocycles. The monoisotopic (exact) mass is 347 g/mol. The molecule has 5 nitrogen and oxygen atoms in total. The van der Waals surface area contributed by atoms with Gasteiger partial charge in [-0.1, -0.05) is 9.24 Å². The van der Waals surface area contributed by atoms with Crippen LogP contribution in [0.2, 0.25) is 0 Å². The van der Waals surface area contributed by atoms with Crippen LogP contribution in [0.25, 0.3) is 22.3 Å². The zero-order chi connectivity index (χ0) is 17.3. The Morgan fingerprint density at radius 3 is 2.42 bits per heavy atom. The smallest absolute Gasteiger partial charge is 0.278 e. The summed E-state index contributed by atoms with van der Waals surface area (Å²) in [7, 11) is 3.18. The predicted molar refractivity (Wildman–Crippen MR) is 93.1 cm³/mol. The van der Waals surface area contributed by atoms with Crippen LogP contribution >= 0.6 is 9.24 Å². The summed E-state index contributed by atoms with van der Waals surface area (Å²) < 4.78 is 27.5. The number of pyridine rings is 2. The molecule has 0 aliphatic carbocycles. The first-order valence-corrected chi connectivity index (χ1v) is 7.87. The van der Waals surface area contributed by atoms with Gasteiger partial charge in [-0.05, 0) is 25.1 Å². The Balaban J connectivity index is 2.19. The minimum atomic E-state index is -2.95. The average molecular weight is 347 g/mol. The summed E-state index contributed by atoms with van der Waals surface area (Å²) in [6.07, 6.45) is 6.46. The van der Waals surface area contributed by atoms with E-state index in [1.54, 1.807) is 59.3 Å². The number of nitrogens with zero attached hydrogens (tertiary/aromatic N) is 5. The first-order chi connectivity index (χ1) is 11.4. The van der Waals surface area contributed by atoms with Crippen LogP contribution in [0.15, 0.2) is 43.0 Å². The highest BCUT2D eigenvalue weighted by Gasteiger charge is 2.34. The molecule has 0 fully saturated rings. The molecule has 0 saturated carbocycles. The zero-order valence-corrected chi connectivity index (χ0v) is 14.3.